The Morgan fingerprint density at radius 1 is 1.00 bits per heavy atom. The maximum absolute atomic E-state index is 12.9. The number of benzene rings is 3. The molecule has 0 aliphatic carbocycles. The van der Waals surface area contributed by atoms with E-state index in [-0.39, 0.29) is 5.78 Å². The van der Waals surface area contributed by atoms with Crippen molar-refractivity contribution < 1.29 is 14.3 Å². The number of nitrogen functional groups attached to an aromatic ring is 1. The van der Waals surface area contributed by atoms with Gasteiger partial charge in [-0.3, -0.25) is 4.79 Å². The molecular formula is C20H14Br2ClNO3. The van der Waals surface area contributed by atoms with E-state index in [0.717, 1.165) is 0 Å². The Morgan fingerprint density at radius 2 is 1.63 bits per heavy atom. The number of anilines is 1. The number of ketones is 1. The molecule has 3 rings (SSSR count). The van der Waals surface area contributed by atoms with Crippen LogP contribution in [-0.4, -0.2) is 12.9 Å². The largest absolute Gasteiger partial charge is 0.496 e. The van der Waals surface area contributed by atoms with Gasteiger partial charge in [0.2, 0.25) is 0 Å². The highest BCUT2D eigenvalue weighted by Crippen LogP contribution is 2.39. The molecule has 0 fully saturated rings. The van der Waals surface area contributed by atoms with Gasteiger partial charge in [-0.1, -0.05) is 11.6 Å². The van der Waals surface area contributed by atoms with E-state index < -0.39 is 0 Å². The lowest BCUT2D eigenvalue weighted by molar-refractivity contribution is 0.103. The number of nitrogens with two attached hydrogens (primary N) is 1. The van der Waals surface area contributed by atoms with E-state index in [1.54, 1.807) is 54.6 Å². The van der Waals surface area contributed by atoms with Gasteiger partial charge >= 0.3 is 0 Å². The van der Waals surface area contributed by atoms with Crippen LogP contribution in [0.5, 0.6) is 17.2 Å². The van der Waals surface area contributed by atoms with Crippen LogP contribution in [0.3, 0.4) is 0 Å². The third-order valence-electron chi connectivity index (χ3n) is 3.76. The second kappa shape index (κ2) is 8.33. The summed E-state index contributed by atoms with van der Waals surface area (Å²) in [5.74, 6) is 1.31. The van der Waals surface area contributed by atoms with Crippen LogP contribution in [0, 0.1) is 0 Å². The minimum atomic E-state index is -0.190. The van der Waals surface area contributed by atoms with Crippen molar-refractivity contribution in [2.24, 2.45) is 0 Å². The monoisotopic (exact) mass is 509 g/mol. The lowest BCUT2D eigenvalue weighted by Crippen LogP contribution is -2.04. The molecule has 0 saturated heterocycles. The summed E-state index contributed by atoms with van der Waals surface area (Å²) in [5.41, 5.74) is 7.30. The van der Waals surface area contributed by atoms with Gasteiger partial charge in [-0.25, -0.2) is 0 Å². The Labute approximate surface area is 178 Å². The highest BCUT2D eigenvalue weighted by molar-refractivity contribution is 9.11. The van der Waals surface area contributed by atoms with Crippen LogP contribution in [0.25, 0.3) is 0 Å². The maximum Gasteiger partial charge on any atom is 0.196 e. The molecule has 0 aliphatic rings. The molecule has 0 radical (unpaired) electrons. The molecule has 0 atom stereocenters. The zero-order valence-corrected chi connectivity index (χ0v) is 18.1. The molecule has 7 heteroatoms. The first kappa shape index (κ1) is 19.7. The smallest absolute Gasteiger partial charge is 0.196 e. The molecule has 0 bridgehead atoms. The highest BCUT2D eigenvalue weighted by Gasteiger charge is 2.17. The summed E-state index contributed by atoms with van der Waals surface area (Å²) in [4.78, 5) is 12.9. The van der Waals surface area contributed by atoms with E-state index in [1.807, 2.05) is 0 Å². The van der Waals surface area contributed by atoms with Crippen LogP contribution in [0.2, 0.25) is 5.02 Å². The maximum atomic E-state index is 12.9. The number of ether oxygens (including phenoxy) is 2. The molecule has 0 saturated carbocycles. The van der Waals surface area contributed by atoms with Gasteiger partial charge in [0.25, 0.3) is 0 Å². The summed E-state index contributed by atoms with van der Waals surface area (Å²) in [6, 6.07) is 15.2. The average molecular weight is 512 g/mol. The van der Waals surface area contributed by atoms with Crippen molar-refractivity contribution in [2.45, 2.75) is 0 Å². The topological polar surface area (TPSA) is 61.6 Å². The number of rotatable bonds is 5. The standard InChI is InChI=1S/C20H14Br2ClNO3/c1-26-18-7-6-14(27-20-16(21)8-13(24)9-17(20)22)10-15(18)19(25)11-2-4-12(23)5-3-11/h2-10H,24H2,1H3. The molecule has 4 nitrogen and oxygen atoms in total. The lowest BCUT2D eigenvalue weighted by atomic mass is 10.0. The van der Waals surface area contributed by atoms with Crippen LogP contribution in [-0.2, 0) is 0 Å². The van der Waals surface area contributed by atoms with Crippen LogP contribution >= 0.6 is 43.5 Å². The van der Waals surface area contributed by atoms with Crippen molar-refractivity contribution in [1.29, 1.82) is 0 Å². The predicted octanol–water partition coefficient (Wildman–Crippen LogP) is 6.48. The van der Waals surface area contributed by atoms with Crippen molar-refractivity contribution in [3.63, 3.8) is 0 Å². The quantitative estimate of drug-likeness (QED) is 0.315. The molecule has 27 heavy (non-hydrogen) atoms. The Kier molecular flexibility index (Phi) is 6.09. The first-order valence-electron chi connectivity index (χ1n) is 7.79. The average Bonchev–Trinajstić information content (AvgIpc) is 2.64. The highest BCUT2D eigenvalue weighted by atomic mass is 79.9. The van der Waals surface area contributed by atoms with Crippen molar-refractivity contribution in [3.05, 3.63) is 79.7 Å². The van der Waals surface area contributed by atoms with Gasteiger partial charge in [-0.05, 0) is 86.5 Å². The third kappa shape index (κ3) is 4.46. The number of hydrogen-bond donors (Lipinski definition) is 1. The van der Waals surface area contributed by atoms with Crippen LogP contribution in [0.1, 0.15) is 15.9 Å². The second-order valence-electron chi connectivity index (χ2n) is 5.61. The fourth-order valence-electron chi connectivity index (χ4n) is 2.48. The molecule has 2 N–H and O–H groups in total. The van der Waals surface area contributed by atoms with E-state index in [2.05, 4.69) is 31.9 Å². The lowest BCUT2D eigenvalue weighted by Gasteiger charge is -2.13. The van der Waals surface area contributed by atoms with Gasteiger partial charge in [0, 0.05) is 16.3 Å². The molecule has 3 aromatic rings. The van der Waals surface area contributed by atoms with Crippen molar-refractivity contribution in [3.8, 4) is 17.2 Å². The van der Waals surface area contributed by atoms with E-state index in [1.165, 1.54) is 7.11 Å². The van der Waals surface area contributed by atoms with Gasteiger partial charge in [0.05, 0.1) is 21.6 Å². The number of methoxy groups -OCH3 is 1. The number of carbonyl (C=O) groups excluding carboxylic acids is 1. The van der Waals surface area contributed by atoms with Crippen LogP contribution < -0.4 is 15.2 Å². The molecule has 0 unspecified atom stereocenters. The second-order valence-corrected chi connectivity index (χ2v) is 7.76. The van der Waals surface area contributed by atoms with Crippen molar-refractivity contribution in [2.75, 3.05) is 12.8 Å². The Balaban J connectivity index is 1.99. The van der Waals surface area contributed by atoms with Crippen molar-refractivity contribution in [1.82, 2.24) is 0 Å². The summed E-state index contributed by atoms with van der Waals surface area (Å²) in [6.45, 7) is 0. The molecule has 3 aromatic carbocycles. The van der Waals surface area contributed by atoms with Gasteiger partial charge in [0.1, 0.15) is 11.5 Å². The van der Waals surface area contributed by atoms with Gasteiger partial charge in [-0.2, -0.15) is 0 Å². The first-order chi connectivity index (χ1) is 12.9. The van der Waals surface area contributed by atoms with Gasteiger partial charge in [0.15, 0.2) is 11.5 Å². The molecule has 0 spiro atoms. The Morgan fingerprint density at radius 3 is 2.22 bits per heavy atom. The summed E-state index contributed by atoms with van der Waals surface area (Å²) < 4.78 is 12.7. The summed E-state index contributed by atoms with van der Waals surface area (Å²) in [7, 11) is 1.52. The summed E-state index contributed by atoms with van der Waals surface area (Å²) in [5, 5.41) is 0.564. The summed E-state index contributed by atoms with van der Waals surface area (Å²) in [6.07, 6.45) is 0. The zero-order valence-electron chi connectivity index (χ0n) is 14.1. The molecule has 0 aromatic heterocycles. The van der Waals surface area contributed by atoms with E-state index in [9.17, 15) is 4.79 Å². The van der Waals surface area contributed by atoms with Gasteiger partial charge < -0.3 is 15.2 Å². The Bertz CT molecular complexity index is 984. The number of hydrogen-bond acceptors (Lipinski definition) is 4. The van der Waals surface area contributed by atoms with E-state index >= 15 is 0 Å². The SMILES string of the molecule is COc1ccc(Oc2c(Br)cc(N)cc2Br)cc1C(=O)c1ccc(Cl)cc1. The zero-order chi connectivity index (χ0) is 19.6. The molecule has 0 amide bonds. The van der Waals surface area contributed by atoms with E-state index in [0.29, 0.717) is 48.0 Å². The molecular weight excluding hydrogens is 497 g/mol. The fourth-order valence-corrected chi connectivity index (χ4v) is 3.99. The Hall–Kier alpha value is -2.02. The summed E-state index contributed by atoms with van der Waals surface area (Å²) >= 11 is 12.8. The minimum Gasteiger partial charge on any atom is -0.496 e. The number of halogens is 3. The number of carbonyl (C=O) groups is 1. The third-order valence-corrected chi connectivity index (χ3v) is 5.19. The minimum absolute atomic E-state index is 0.190. The predicted molar refractivity (Wildman–Crippen MR) is 114 cm³/mol. The molecule has 0 aliphatic heterocycles. The van der Waals surface area contributed by atoms with Crippen molar-refractivity contribution >= 4 is 54.9 Å². The van der Waals surface area contributed by atoms with Crippen LogP contribution in [0.4, 0.5) is 5.69 Å². The van der Waals surface area contributed by atoms with E-state index in [4.69, 9.17) is 26.8 Å². The van der Waals surface area contributed by atoms with Crippen LogP contribution in [0.15, 0.2) is 63.5 Å². The first-order valence-corrected chi connectivity index (χ1v) is 9.76. The fraction of sp³-hybridized carbons (Fsp3) is 0.0500. The normalized spacial score (nSPS) is 10.5. The van der Waals surface area contributed by atoms with Gasteiger partial charge in [-0.15, -0.1) is 0 Å². The molecule has 0 heterocycles. The molecule has 138 valence electrons.